The second kappa shape index (κ2) is 8.21. The summed E-state index contributed by atoms with van der Waals surface area (Å²) in [7, 11) is 3.90. The Bertz CT molecular complexity index is 201. The Kier molecular flexibility index (Phi) is 7.72. The molecule has 0 aromatic heterocycles. The number of amides is 2. The van der Waals surface area contributed by atoms with Crippen LogP contribution in [0.3, 0.4) is 0 Å². The molecule has 0 aliphatic carbocycles. The number of nitrogens with two attached hydrogens (primary N) is 2. The molecule has 0 atom stereocenters. The number of hydrogen-bond acceptors (Lipinski definition) is 7. The fourth-order valence-corrected chi connectivity index (χ4v) is 0.905. The maximum atomic E-state index is 11.7. The first-order valence-electron chi connectivity index (χ1n) is 4.61. The molecule has 0 saturated carbocycles. The van der Waals surface area contributed by atoms with Crippen LogP contribution in [0.1, 0.15) is 6.42 Å². The lowest BCUT2D eigenvalue weighted by molar-refractivity contribution is -0.493. The summed E-state index contributed by atoms with van der Waals surface area (Å²) in [4.78, 5) is 25.9. The van der Waals surface area contributed by atoms with Gasteiger partial charge in [-0.3, -0.25) is 19.5 Å². The van der Waals surface area contributed by atoms with E-state index < -0.39 is 6.03 Å². The smallest absolute Gasteiger partial charge is 0.330 e. The molecule has 0 bridgehead atoms. The zero-order valence-corrected chi connectivity index (χ0v) is 9.75. The average molecular weight is 237 g/mol. The van der Waals surface area contributed by atoms with Gasteiger partial charge < -0.3 is 5.73 Å². The number of hydrogen-bond donors (Lipinski definition) is 2. The van der Waals surface area contributed by atoms with E-state index in [9.17, 15) is 4.79 Å². The van der Waals surface area contributed by atoms with E-state index in [1.807, 2.05) is 0 Å². The highest BCUT2D eigenvalue weighted by molar-refractivity contribution is 5.71. The van der Waals surface area contributed by atoms with Crippen molar-refractivity contribution in [3.05, 3.63) is 0 Å². The van der Waals surface area contributed by atoms with Crippen LogP contribution in [0.15, 0.2) is 0 Å². The molecule has 16 heavy (non-hydrogen) atoms. The number of rotatable bonds is 7. The van der Waals surface area contributed by atoms with E-state index in [2.05, 4.69) is 0 Å². The van der Waals surface area contributed by atoms with Crippen molar-refractivity contribution in [3.8, 4) is 0 Å². The van der Waals surface area contributed by atoms with E-state index >= 15 is 0 Å². The summed E-state index contributed by atoms with van der Waals surface area (Å²) in [5.74, 6) is 5.50. The number of hydroxylamine groups is 1. The van der Waals surface area contributed by atoms with E-state index in [1.165, 1.54) is 21.3 Å². The van der Waals surface area contributed by atoms with Gasteiger partial charge in [0.15, 0.2) is 0 Å². The van der Waals surface area contributed by atoms with Gasteiger partial charge in [0.2, 0.25) is 0 Å². The summed E-state index contributed by atoms with van der Waals surface area (Å²) in [6.07, 6.45) is 0.583. The second-order valence-corrected chi connectivity index (χ2v) is 2.68. The minimum absolute atomic E-state index is 0.302. The van der Waals surface area contributed by atoms with Gasteiger partial charge in [-0.25, -0.2) is 10.6 Å². The van der Waals surface area contributed by atoms with Crippen molar-refractivity contribution < 1.29 is 19.3 Å². The molecule has 4 N–H and O–H groups in total. The minimum atomic E-state index is -0.639. The van der Waals surface area contributed by atoms with Crippen molar-refractivity contribution >= 4 is 6.03 Å². The standard InChI is InChI=1S/C7H19N5O4/c1-14-11(12(15-2)16-3)7(13)10(9)6-4-5-8/h4-6,8-9H2,1-3H3. The van der Waals surface area contributed by atoms with Gasteiger partial charge in [-0.15, -0.1) is 0 Å². The van der Waals surface area contributed by atoms with E-state index in [1.54, 1.807) is 0 Å². The minimum Gasteiger partial charge on any atom is -0.330 e. The maximum absolute atomic E-state index is 11.7. The van der Waals surface area contributed by atoms with Gasteiger partial charge in [-0.1, -0.05) is 5.17 Å². The van der Waals surface area contributed by atoms with Crippen LogP contribution >= 0.6 is 0 Å². The molecule has 0 aliphatic heterocycles. The lowest BCUT2D eigenvalue weighted by Gasteiger charge is -2.29. The number of carbonyl (C=O) groups is 1. The molecule has 0 saturated heterocycles. The third-order valence-corrected chi connectivity index (χ3v) is 1.65. The summed E-state index contributed by atoms with van der Waals surface area (Å²) in [5.41, 5.74) is 5.30. The third-order valence-electron chi connectivity index (χ3n) is 1.65. The first-order valence-corrected chi connectivity index (χ1v) is 4.61. The largest absolute Gasteiger partial charge is 0.377 e. The van der Waals surface area contributed by atoms with Gasteiger partial charge in [0, 0.05) is 6.54 Å². The van der Waals surface area contributed by atoms with Crippen LogP contribution in [0.5, 0.6) is 0 Å². The molecule has 0 aromatic rings. The predicted octanol–water partition coefficient (Wildman–Crippen LogP) is -1.17. The predicted molar refractivity (Wildman–Crippen MR) is 54.7 cm³/mol. The summed E-state index contributed by atoms with van der Waals surface area (Å²) in [6, 6.07) is -0.639. The zero-order valence-electron chi connectivity index (χ0n) is 9.75. The van der Waals surface area contributed by atoms with Crippen LogP contribution in [0.4, 0.5) is 4.79 Å². The van der Waals surface area contributed by atoms with Crippen LogP contribution in [0.25, 0.3) is 0 Å². The quantitative estimate of drug-likeness (QED) is 0.326. The monoisotopic (exact) mass is 237 g/mol. The molecule has 0 aliphatic rings. The van der Waals surface area contributed by atoms with E-state index in [0.29, 0.717) is 19.5 Å². The van der Waals surface area contributed by atoms with E-state index in [4.69, 9.17) is 26.1 Å². The molecule has 0 unspecified atom stereocenters. The van der Waals surface area contributed by atoms with Crippen molar-refractivity contribution in [3.63, 3.8) is 0 Å². The van der Waals surface area contributed by atoms with Crippen LogP contribution in [0.2, 0.25) is 0 Å². The number of carbonyl (C=O) groups excluding carboxylic acids is 1. The Labute approximate surface area is 94.2 Å². The van der Waals surface area contributed by atoms with Crippen molar-refractivity contribution in [2.24, 2.45) is 11.6 Å². The molecular weight excluding hydrogens is 218 g/mol. The molecule has 0 rings (SSSR count). The van der Waals surface area contributed by atoms with E-state index in [0.717, 1.165) is 15.5 Å². The van der Waals surface area contributed by atoms with Gasteiger partial charge in [-0.2, -0.15) is 0 Å². The van der Waals surface area contributed by atoms with Crippen LogP contribution < -0.4 is 11.6 Å². The Morgan fingerprint density at radius 1 is 1.19 bits per heavy atom. The molecule has 9 heteroatoms. The van der Waals surface area contributed by atoms with Crippen molar-refractivity contribution in [2.75, 3.05) is 34.4 Å². The van der Waals surface area contributed by atoms with Crippen molar-refractivity contribution in [2.45, 2.75) is 6.42 Å². The fraction of sp³-hybridized carbons (Fsp3) is 0.857. The lowest BCUT2D eigenvalue weighted by Crippen LogP contribution is -2.53. The topological polar surface area (TPSA) is 107 Å². The van der Waals surface area contributed by atoms with Crippen LogP contribution in [0, 0.1) is 0 Å². The Balaban J connectivity index is 4.38. The summed E-state index contributed by atoms with van der Waals surface area (Å²) < 4.78 is 0. The lowest BCUT2D eigenvalue weighted by atomic mass is 10.4. The molecule has 0 fully saturated rings. The Hall–Kier alpha value is -0.970. The van der Waals surface area contributed by atoms with Crippen LogP contribution in [-0.2, 0) is 14.5 Å². The normalized spacial score (nSPS) is 10.6. The van der Waals surface area contributed by atoms with Gasteiger partial charge in [-0.05, 0) is 13.0 Å². The number of hydrazine groups is 2. The van der Waals surface area contributed by atoms with Gasteiger partial charge in [0.05, 0.1) is 26.7 Å². The van der Waals surface area contributed by atoms with Gasteiger partial charge in [0.1, 0.15) is 0 Å². The van der Waals surface area contributed by atoms with Crippen molar-refractivity contribution in [1.82, 2.24) is 15.5 Å². The highest BCUT2D eigenvalue weighted by Gasteiger charge is 2.25. The first kappa shape index (κ1) is 15.0. The highest BCUT2D eigenvalue weighted by Crippen LogP contribution is 2.02. The second-order valence-electron chi connectivity index (χ2n) is 2.68. The summed E-state index contributed by atoms with van der Waals surface area (Å²) >= 11 is 0. The third kappa shape index (κ3) is 4.26. The summed E-state index contributed by atoms with van der Waals surface area (Å²) in [5, 5.41) is 2.41. The number of nitrogens with zero attached hydrogens (tertiary/aromatic N) is 3. The molecule has 2 amide bonds. The van der Waals surface area contributed by atoms with Crippen LogP contribution in [-0.4, -0.2) is 56.0 Å². The van der Waals surface area contributed by atoms with E-state index in [-0.39, 0.29) is 0 Å². The molecule has 0 spiro atoms. The first-order chi connectivity index (χ1) is 7.62. The van der Waals surface area contributed by atoms with Gasteiger partial charge in [0.25, 0.3) is 0 Å². The average Bonchev–Trinajstić information content (AvgIpc) is 2.31. The Morgan fingerprint density at radius 3 is 2.12 bits per heavy atom. The molecule has 9 nitrogen and oxygen atoms in total. The van der Waals surface area contributed by atoms with Crippen molar-refractivity contribution in [1.29, 1.82) is 0 Å². The molecule has 96 valence electrons. The Morgan fingerprint density at radius 2 is 1.75 bits per heavy atom. The molecular formula is C7H19N5O4. The molecule has 0 aromatic carbocycles. The highest BCUT2D eigenvalue weighted by atomic mass is 17.0. The molecule has 0 radical (unpaired) electrons. The zero-order chi connectivity index (χ0) is 12.6. The maximum Gasteiger partial charge on any atom is 0.377 e. The fourth-order valence-electron chi connectivity index (χ4n) is 0.905. The summed E-state index contributed by atoms with van der Waals surface area (Å²) in [6.45, 7) is 0.739. The number of urea groups is 1. The van der Waals surface area contributed by atoms with Gasteiger partial charge >= 0.3 is 6.03 Å². The SMILES string of the molecule is CON(OC)N(OC)C(=O)N(N)CCCN. The molecule has 0 heterocycles.